The molecule has 3 aromatic rings. The molecule has 4 rings (SSSR count). The zero-order valence-corrected chi connectivity index (χ0v) is 24.1. The summed E-state index contributed by atoms with van der Waals surface area (Å²) in [5.41, 5.74) is 6.71. The van der Waals surface area contributed by atoms with E-state index in [4.69, 9.17) is 24.7 Å². The van der Waals surface area contributed by atoms with E-state index >= 15 is 0 Å². The Bertz CT molecular complexity index is 1420. The minimum absolute atomic E-state index is 0.0486. The third-order valence-electron chi connectivity index (χ3n) is 6.61. The molecule has 1 aromatic heterocycles. The van der Waals surface area contributed by atoms with Crippen molar-refractivity contribution in [3.63, 3.8) is 0 Å². The predicted molar refractivity (Wildman–Crippen MR) is 153 cm³/mol. The molecule has 0 aliphatic carbocycles. The summed E-state index contributed by atoms with van der Waals surface area (Å²) < 4.78 is 22.1. The van der Waals surface area contributed by atoms with E-state index in [1.54, 1.807) is 24.3 Å². The number of aliphatic hydroxyl groups is 2. The van der Waals surface area contributed by atoms with Gasteiger partial charge < -0.3 is 45.5 Å². The number of aliphatic hydroxyl groups excluding tert-OH is 2. The number of aromatic nitrogens is 3. The van der Waals surface area contributed by atoms with Gasteiger partial charge in [0, 0.05) is 6.54 Å². The van der Waals surface area contributed by atoms with Gasteiger partial charge in [0.25, 0.3) is 5.91 Å². The van der Waals surface area contributed by atoms with Crippen molar-refractivity contribution >= 4 is 24.1 Å². The van der Waals surface area contributed by atoms with Gasteiger partial charge in [0.2, 0.25) is 12.1 Å². The fraction of sp³-hybridized carbons (Fsp3) is 0.379. The maximum absolute atomic E-state index is 13.1. The zero-order chi connectivity index (χ0) is 32.2. The van der Waals surface area contributed by atoms with Gasteiger partial charge in [-0.05, 0) is 30.4 Å². The lowest BCUT2D eigenvalue weighted by Gasteiger charge is -2.21. The topological polar surface area (TPSA) is 226 Å². The van der Waals surface area contributed by atoms with Gasteiger partial charge in [0.15, 0.2) is 6.23 Å². The van der Waals surface area contributed by atoms with Crippen molar-refractivity contribution in [1.29, 1.82) is 0 Å². The molecule has 1 fully saturated rings. The number of amides is 3. The average Bonchev–Trinajstić information content (AvgIpc) is 3.64. The molecule has 2 heterocycles. The third-order valence-corrected chi connectivity index (χ3v) is 6.61. The van der Waals surface area contributed by atoms with E-state index in [1.165, 1.54) is 0 Å². The predicted octanol–water partition coefficient (Wildman–Crippen LogP) is 0.889. The molecule has 0 bridgehead atoms. The molecule has 16 heteroatoms. The van der Waals surface area contributed by atoms with E-state index in [9.17, 15) is 29.4 Å². The standard InChI is InChI=1S/C29H34N6O10/c30-23(38)24-32-17-35(34-24)25-21(36)22(37)27(44-25)45-26(39)20(33-29(41)43-16-19-11-5-2-6-12-19)13-7-8-14-31-28(40)42-15-18-9-3-1-4-10-18/h1-6,9-12,17,20-22,25,27,36-37H,7-8,13-16H2,(H2,30,38)(H,31,40)(H,33,41)/t20-,21+,22?,25?,27+/m0/s1. The highest BCUT2D eigenvalue weighted by Gasteiger charge is 2.47. The van der Waals surface area contributed by atoms with Gasteiger partial charge in [-0.3, -0.25) is 4.79 Å². The molecular formula is C29H34N6O10. The van der Waals surface area contributed by atoms with Gasteiger partial charge in [0.05, 0.1) is 0 Å². The lowest BCUT2D eigenvalue weighted by molar-refractivity contribution is -0.196. The average molecular weight is 627 g/mol. The Labute approximate surface area is 257 Å². The zero-order valence-electron chi connectivity index (χ0n) is 24.1. The molecule has 240 valence electrons. The second-order valence-corrected chi connectivity index (χ2v) is 9.97. The van der Waals surface area contributed by atoms with Crippen LogP contribution in [0.4, 0.5) is 9.59 Å². The van der Waals surface area contributed by atoms with Crippen molar-refractivity contribution in [2.75, 3.05) is 6.54 Å². The fourth-order valence-electron chi connectivity index (χ4n) is 4.25. The van der Waals surface area contributed by atoms with Crippen molar-refractivity contribution < 1.29 is 48.3 Å². The highest BCUT2D eigenvalue weighted by Crippen LogP contribution is 2.30. The SMILES string of the molecule is NC(=O)c1ncn(C2O[C@H](OC(=O)[C@H](CCCCNC(=O)OCc3ccccc3)NC(=O)OCc3ccccc3)C(O)[C@H]2O)n1. The summed E-state index contributed by atoms with van der Waals surface area (Å²) in [6.45, 7) is 0.299. The number of esters is 1. The Hall–Kier alpha value is -5.06. The van der Waals surface area contributed by atoms with Gasteiger partial charge >= 0.3 is 18.2 Å². The molecule has 1 aliphatic heterocycles. The van der Waals surface area contributed by atoms with E-state index in [0.29, 0.717) is 12.8 Å². The smallest absolute Gasteiger partial charge is 0.408 e. The maximum Gasteiger partial charge on any atom is 0.408 e. The minimum Gasteiger partial charge on any atom is -0.445 e. The van der Waals surface area contributed by atoms with Gasteiger partial charge in [-0.2, -0.15) is 0 Å². The first-order chi connectivity index (χ1) is 21.7. The lowest BCUT2D eigenvalue weighted by Crippen LogP contribution is -2.45. The number of unbranched alkanes of at least 4 members (excludes halogenated alkanes) is 1. The first-order valence-electron chi connectivity index (χ1n) is 14.1. The van der Waals surface area contributed by atoms with Crippen molar-refractivity contribution in [3.05, 3.63) is 83.9 Å². The second kappa shape index (κ2) is 16.1. The van der Waals surface area contributed by atoms with Crippen LogP contribution in [0.2, 0.25) is 0 Å². The Kier molecular flexibility index (Phi) is 11.8. The molecule has 0 radical (unpaired) electrons. The highest BCUT2D eigenvalue weighted by molar-refractivity contribution is 5.88. The summed E-state index contributed by atoms with van der Waals surface area (Å²) >= 11 is 0. The molecule has 1 saturated heterocycles. The van der Waals surface area contributed by atoms with Crippen LogP contribution in [0.3, 0.4) is 0 Å². The summed E-state index contributed by atoms with van der Waals surface area (Å²) in [4.78, 5) is 52.7. The number of nitrogens with zero attached hydrogens (tertiary/aromatic N) is 3. The number of carbonyl (C=O) groups is 4. The molecule has 0 saturated carbocycles. The van der Waals surface area contributed by atoms with Gasteiger partial charge in [-0.25, -0.2) is 24.0 Å². The van der Waals surface area contributed by atoms with E-state index < -0.39 is 54.8 Å². The molecule has 6 N–H and O–H groups in total. The van der Waals surface area contributed by atoms with Gasteiger partial charge in [0.1, 0.15) is 37.8 Å². The highest BCUT2D eigenvalue weighted by atomic mass is 16.7. The number of alkyl carbamates (subject to hydrolysis) is 2. The third kappa shape index (κ3) is 9.72. The van der Waals surface area contributed by atoms with Crippen LogP contribution in [0.15, 0.2) is 67.0 Å². The molecule has 0 spiro atoms. The van der Waals surface area contributed by atoms with Crippen molar-refractivity contribution in [2.45, 2.75) is 63.2 Å². The van der Waals surface area contributed by atoms with Crippen molar-refractivity contribution in [2.24, 2.45) is 5.73 Å². The largest absolute Gasteiger partial charge is 0.445 e. The van der Waals surface area contributed by atoms with Crippen LogP contribution in [-0.2, 0) is 37.0 Å². The van der Waals surface area contributed by atoms with Crippen LogP contribution in [-0.4, -0.2) is 80.1 Å². The van der Waals surface area contributed by atoms with Crippen LogP contribution in [0, 0.1) is 0 Å². The first kappa shape index (κ1) is 32.8. The number of ether oxygens (including phenoxy) is 4. The molecule has 5 atom stereocenters. The van der Waals surface area contributed by atoms with Crippen molar-refractivity contribution in [1.82, 2.24) is 25.4 Å². The van der Waals surface area contributed by atoms with Crippen LogP contribution >= 0.6 is 0 Å². The van der Waals surface area contributed by atoms with E-state index in [0.717, 1.165) is 22.1 Å². The van der Waals surface area contributed by atoms with Crippen LogP contribution in [0.1, 0.15) is 47.2 Å². The molecule has 2 unspecified atom stereocenters. The van der Waals surface area contributed by atoms with Gasteiger partial charge in [-0.15, -0.1) is 5.10 Å². The summed E-state index contributed by atoms with van der Waals surface area (Å²) in [5, 5.41) is 29.8. The van der Waals surface area contributed by atoms with Crippen molar-refractivity contribution in [3.8, 4) is 0 Å². The van der Waals surface area contributed by atoms with E-state index in [2.05, 4.69) is 20.7 Å². The number of nitrogens with one attached hydrogen (secondary N) is 2. The Morgan fingerprint density at radius 1 is 0.911 bits per heavy atom. The maximum atomic E-state index is 13.1. The molecule has 1 aliphatic rings. The minimum atomic E-state index is -1.70. The molecular weight excluding hydrogens is 592 g/mol. The number of rotatable bonds is 14. The summed E-state index contributed by atoms with van der Waals surface area (Å²) in [7, 11) is 0. The quantitative estimate of drug-likeness (QED) is 0.0955. The molecule has 16 nitrogen and oxygen atoms in total. The Morgan fingerprint density at radius 3 is 2.13 bits per heavy atom. The Balaban J connectivity index is 1.30. The first-order valence-corrected chi connectivity index (χ1v) is 14.1. The lowest BCUT2D eigenvalue weighted by atomic mass is 10.1. The summed E-state index contributed by atoms with van der Waals surface area (Å²) in [5.74, 6) is -2.25. The molecule has 45 heavy (non-hydrogen) atoms. The second-order valence-electron chi connectivity index (χ2n) is 9.97. The Morgan fingerprint density at radius 2 is 1.53 bits per heavy atom. The number of hydrogen-bond donors (Lipinski definition) is 5. The fourth-order valence-corrected chi connectivity index (χ4v) is 4.25. The van der Waals surface area contributed by atoms with Crippen LogP contribution in [0.5, 0.6) is 0 Å². The van der Waals surface area contributed by atoms with Crippen LogP contribution < -0.4 is 16.4 Å². The molecule has 2 aromatic carbocycles. The summed E-state index contributed by atoms with van der Waals surface area (Å²) in [6.07, 6.45) is -5.91. The number of hydrogen-bond acceptors (Lipinski definition) is 12. The summed E-state index contributed by atoms with van der Waals surface area (Å²) in [6, 6.07) is 16.8. The normalized spacial score (nSPS) is 19.7. The monoisotopic (exact) mass is 626 g/mol. The molecule has 3 amide bonds. The number of nitrogens with two attached hydrogens (primary N) is 1. The van der Waals surface area contributed by atoms with Gasteiger partial charge in [-0.1, -0.05) is 60.7 Å². The van der Waals surface area contributed by atoms with Crippen LogP contribution in [0.25, 0.3) is 0 Å². The number of benzene rings is 2. The number of primary amides is 1. The number of carbonyl (C=O) groups excluding carboxylic acids is 4. The van der Waals surface area contributed by atoms with E-state index in [-0.39, 0.29) is 32.0 Å². The van der Waals surface area contributed by atoms with E-state index in [1.807, 2.05) is 36.4 Å².